The van der Waals surface area contributed by atoms with Crippen molar-refractivity contribution in [2.45, 2.75) is 33.8 Å². The zero-order valence-electron chi connectivity index (χ0n) is 15.4. The van der Waals surface area contributed by atoms with Crippen LogP contribution in [0.4, 0.5) is 0 Å². The number of carbonyl (C=O) groups is 1. The molecule has 0 aliphatic carbocycles. The Hall–Kier alpha value is -2.53. The lowest BCUT2D eigenvalue weighted by molar-refractivity contribution is -0.127. The highest BCUT2D eigenvalue weighted by Crippen LogP contribution is 2.26. The molecule has 0 saturated heterocycles. The van der Waals surface area contributed by atoms with Crippen LogP contribution < -0.4 is 14.9 Å². The van der Waals surface area contributed by atoms with Gasteiger partial charge in [0.2, 0.25) is 0 Å². The fourth-order valence-electron chi connectivity index (χ4n) is 2.31. The average Bonchev–Trinajstić information content (AvgIpc) is 2.61. The van der Waals surface area contributed by atoms with Crippen LogP contribution in [0.3, 0.4) is 0 Å². The maximum atomic E-state index is 12.1. The van der Waals surface area contributed by atoms with Gasteiger partial charge in [0.1, 0.15) is 11.5 Å². The van der Waals surface area contributed by atoms with E-state index in [2.05, 4.69) is 10.5 Å². The Bertz CT molecular complexity index is 765. The normalized spacial score (nSPS) is 12.0. The summed E-state index contributed by atoms with van der Waals surface area (Å²) in [6, 6.07) is 11.0. The molecule has 1 N–H and O–H groups in total. The minimum absolute atomic E-state index is 0.336. The molecule has 2 aromatic rings. The van der Waals surface area contributed by atoms with Crippen molar-refractivity contribution < 1.29 is 14.3 Å². The van der Waals surface area contributed by atoms with E-state index in [1.807, 2.05) is 57.2 Å². The van der Waals surface area contributed by atoms with Crippen LogP contribution in [0.2, 0.25) is 5.02 Å². The van der Waals surface area contributed by atoms with Gasteiger partial charge in [-0.05, 0) is 80.8 Å². The van der Waals surface area contributed by atoms with Crippen molar-refractivity contribution in [1.82, 2.24) is 5.43 Å². The minimum atomic E-state index is -0.688. The van der Waals surface area contributed by atoms with Crippen LogP contribution in [-0.2, 0) is 4.79 Å². The lowest BCUT2D eigenvalue weighted by atomic mass is 10.1. The summed E-state index contributed by atoms with van der Waals surface area (Å²) in [5.41, 5.74) is 5.14. The minimum Gasteiger partial charge on any atom is -0.494 e. The van der Waals surface area contributed by atoms with Gasteiger partial charge in [-0.15, -0.1) is 0 Å². The molecule has 1 amide bonds. The molecule has 0 saturated carbocycles. The first kappa shape index (κ1) is 19.8. The molecule has 0 radical (unpaired) electrons. The molecule has 26 heavy (non-hydrogen) atoms. The number of amides is 1. The molecule has 0 fully saturated rings. The molecule has 5 nitrogen and oxygen atoms in total. The molecule has 1 unspecified atom stereocenters. The second-order valence-electron chi connectivity index (χ2n) is 5.87. The topological polar surface area (TPSA) is 59.9 Å². The number of hydrazone groups is 1. The van der Waals surface area contributed by atoms with E-state index in [1.165, 1.54) is 0 Å². The van der Waals surface area contributed by atoms with E-state index in [1.54, 1.807) is 13.1 Å². The molecule has 2 rings (SSSR count). The van der Waals surface area contributed by atoms with E-state index in [0.717, 1.165) is 22.4 Å². The Morgan fingerprint density at radius 3 is 2.38 bits per heavy atom. The number of hydrogen-bond acceptors (Lipinski definition) is 4. The number of nitrogens with one attached hydrogen (secondary N) is 1. The number of rotatable bonds is 7. The zero-order chi connectivity index (χ0) is 19.1. The number of nitrogens with zero attached hydrogens (tertiary/aromatic N) is 1. The van der Waals surface area contributed by atoms with Gasteiger partial charge in [-0.25, -0.2) is 5.43 Å². The highest BCUT2D eigenvalue weighted by atomic mass is 35.5. The standard InChI is InChI=1S/C20H23ClN2O3/c1-5-25-17-8-6-16(7-9-17)12-22-23-20(24)15(4)26-18-10-13(2)19(21)14(3)11-18/h6-12,15H,5H2,1-4H3,(H,23,24). The molecule has 0 aliphatic heterocycles. The predicted molar refractivity (Wildman–Crippen MR) is 104 cm³/mol. The van der Waals surface area contributed by atoms with E-state index in [0.29, 0.717) is 17.4 Å². The number of hydrogen-bond donors (Lipinski definition) is 1. The third-order valence-corrected chi connectivity index (χ3v) is 4.27. The Morgan fingerprint density at radius 2 is 1.81 bits per heavy atom. The summed E-state index contributed by atoms with van der Waals surface area (Å²) in [6.07, 6.45) is 0.879. The van der Waals surface area contributed by atoms with E-state index in [4.69, 9.17) is 21.1 Å². The monoisotopic (exact) mass is 374 g/mol. The van der Waals surface area contributed by atoms with Crippen LogP contribution in [0.25, 0.3) is 0 Å². The van der Waals surface area contributed by atoms with E-state index >= 15 is 0 Å². The molecular formula is C20H23ClN2O3. The molecule has 1 atom stereocenters. The molecule has 2 aromatic carbocycles. The quantitative estimate of drug-likeness (QED) is 0.581. The predicted octanol–water partition coefficient (Wildman–Crippen LogP) is 4.27. The highest BCUT2D eigenvalue weighted by molar-refractivity contribution is 6.32. The number of benzene rings is 2. The van der Waals surface area contributed by atoms with Crippen molar-refractivity contribution in [3.05, 3.63) is 58.1 Å². The molecule has 0 spiro atoms. The second-order valence-corrected chi connectivity index (χ2v) is 6.25. The summed E-state index contributed by atoms with van der Waals surface area (Å²) in [4.78, 5) is 12.1. The van der Waals surface area contributed by atoms with Crippen LogP contribution in [0.15, 0.2) is 41.5 Å². The van der Waals surface area contributed by atoms with E-state index in [9.17, 15) is 4.79 Å². The molecule has 6 heteroatoms. The number of halogens is 1. The van der Waals surface area contributed by atoms with Crippen LogP contribution in [0.1, 0.15) is 30.5 Å². The molecule has 138 valence electrons. The molecular weight excluding hydrogens is 352 g/mol. The van der Waals surface area contributed by atoms with Crippen molar-refractivity contribution in [3.63, 3.8) is 0 Å². The molecule has 0 aliphatic rings. The summed E-state index contributed by atoms with van der Waals surface area (Å²) in [6.45, 7) is 8.01. The van der Waals surface area contributed by atoms with E-state index < -0.39 is 6.10 Å². The number of ether oxygens (including phenoxy) is 2. The number of aryl methyl sites for hydroxylation is 2. The van der Waals surface area contributed by atoms with Crippen LogP contribution in [0, 0.1) is 13.8 Å². The second kappa shape index (κ2) is 9.25. The van der Waals surface area contributed by atoms with Gasteiger partial charge >= 0.3 is 0 Å². The summed E-state index contributed by atoms with van der Waals surface area (Å²) in [5, 5.41) is 4.67. The molecule has 0 heterocycles. The van der Waals surface area contributed by atoms with Crippen molar-refractivity contribution in [2.75, 3.05) is 6.61 Å². The molecule has 0 aromatic heterocycles. The van der Waals surface area contributed by atoms with E-state index in [-0.39, 0.29) is 5.91 Å². The number of carbonyl (C=O) groups excluding carboxylic acids is 1. The fraction of sp³-hybridized carbons (Fsp3) is 0.300. The van der Waals surface area contributed by atoms with Gasteiger partial charge in [0.15, 0.2) is 6.10 Å². The fourth-order valence-corrected chi connectivity index (χ4v) is 2.42. The smallest absolute Gasteiger partial charge is 0.280 e. The maximum absolute atomic E-state index is 12.1. The van der Waals surface area contributed by atoms with Crippen LogP contribution in [0.5, 0.6) is 11.5 Å². The SMILES string of the molecule is CCOc1ccc(C=NNC(=O)C(C)Oc2cc(C)c(Cl)c(C)c2)cc1. The first-order valence-corrected chi connectivity index (χ1v) is 8.77. The third-order valence-electron chi connectivity index (χ3n) is 3.67. The van der Waals surface area contributed by atoms with Gasteiger partial charge in [0.25, 0.3) is 5.91 Å². The Kier molecular flexibility index (Phi) is 7.04. The Morgan fingerprint density at radius 1 is 1.19 bits per heavy atom. The largest absolute Gasteiger partial charge is 0.494 e. The maximum Gasteiger partial charge on any atom is 0.280 e. The zero-order valence-corrected chi connectivity index (χ0v) is 16.1. The Balaban J connectivity index is 1.90. The summed E-state index contributed by atoms with van der Waals surface area (Å²) in [7, 11) is 0. The first-order valence-electron chi connectivity index (χ1n) is 8.40. The lowest BCUT2D eigenvalue weighted by Gasteiger charge is -2.14. The summed E-state index contributed by atoms with van der Waals surface area (Å²) in [5.74, 6) is 1.06. The Labute approximate surface area is 159 Å². The van der Waals surface area contributed by atoms with Crippen LogP contribution >= 0.6 is 11.6 Å². The van der Waals surface area contributed by atoms with Gasteiger partial charge in [-0.1, -0.05) is 11.6 Å². The first-order chi connectivity index (χ1) is 12.4. The van der Waals surface area contributed by atoms with Crippen molar-refractivity contribution in [3.8, 4) is 11.5 Å². The van der Waals surface area contributed by atoms with Gasteiger partial charge in [0, 0.05) is 5.02 Å². The van der Waals surface area contributed by atoms with Crippen molar-refractivity contribution >= 4 is 23.7 Å². The molecule has 0 bridgehead atoms. The lowest BCUT2D eigenvalue weighted by Crippen LogP contribution is -2.33. The van der Waals surface area contributed by atoms with Crippen molar-refractivity contribution in [1.29, 1.82) is 0 Å². The van der Waals surface area contributed by atoms with Crippen molar-refractivity contribution in [2.24, 2.45) is 5.10 Å². The summed E-state index contributed by atoms with van der Waals surface area (Å²) >= 11 is 6.14. The third kappa shape index (κ3) is 5.49. The van der Waals surface area contributed by atoms with Gasteiger partial charge < -0.3 is 9.47 Å². The summed E-state index contributed by atoms with van der Waals surface area (Å²) < 4.78 is 11.1. The van der Waals surface area contributed by atoms with Gasteiger partial charge in [-0.3, -0.25) is 4.79 Å². The van der Waals surface area contributed by atoms with Gasteiger partial charge in [0.05, 0.1) is 12.8 Å². The van der Waals surface area contributed by atoms with Crippen LogP contribution in [-0.4, -0.2) is 24.8 Å². The average molecular weight is 375 g/mol. The highest BCUT2D eigenvalue weighted by Gasteiger charge is 2.15. The van der Waals surface area contributed by atoms with Gasteiger partial charge in [-0.2, -0.15) is 5.10 Å².